The van der Waals surface area contributed by atoms with Crippen LogP contribution in [0.5, 0.6) is 11.6 Å². The summed E-state index contributed by atoms with van der Waals surface area (Å²) in [5, 5.41) is 7.43. The van der Waals surface area contributed by atoms with Crippen LogP contribution in [-0.2, 0) is 0 Å². The lowest BCUT2D eigenvalue weighted by molar-refractivity contribution is 0.468. The first-order valence-corrected chi connectivity index (χ1v) is 6.61. The number of rotatable bonds is 2. The molecule has 19 heavy (non-hydrogen) atoms. The van der Waals surface area contributed by atoms with E-state index in [0.717, 1.165) is 10.0 Å². The number of aryl methyl sites for hydroxylation is 1. The molecule has 7 heteroatoms. The first-order chi connectivity index (χ1) is 9.13. The quantitative estimate of drug-likeness (QED) is 0.720. The second-order valence-electron chi connectivity index (χ2n) is 3.94. The molecule has 0 amide bonds. The van der Waals surface area contributed by atoms with Gasteiger partial charge >= 0.3 is 0 Å². The van der Waals surface area contributed by atoms with E-state index < -0.39 is 0 Å². The third-order valence-electron chi connectivity index (χ3n) is 2.59. The molecule has 0 spiro atoms. The van der Waals surface area contributed by atoms with Crippen molar-refractivity contribution in [3.63, 3.8) is 0 Å². The van der Waals surface area contributed by atoms with Crippen molar-refractivity contribution in [2.24, 2.45) is 0 Å². The van der Waals surface area contributed by atoms with Gasteiger partial charge in [-0.1, -0.05) is 15.9 Å². The molecule has 0 aliphatic carbocycles. The van der Waals surface area contributed by atoms with Gasteiger partial charge in [-0.25, -0.2) is 0 Å². The molecule has 5 nitrogen and oxygen atoms in total. The number of aromatic nitrogens is 4. The average Bonchev–Trinajstić information content (AvgIpc) is 2.82. The minimum Gasteiger partial charge on any atom is -0.438 e. The van der Waals surface area contributed by atoms with E-state index in [2.05, 4.69) is 36.1 Å². The SMILES string of the molecule is Cc1cc(Oc2nc(Cl)nc3[nH]ncc23)ccc1Br. The summed E-state index contributed by atoms with van der Waals surface area (Å²) in [5.74, 6) is 1.06. The molecule has 0 fully saturated rings. The zero-order chi connectivity index (χ0) is 13.4. The second kappa shape index (κ2) is 4.79. The zero-order valence-electron chi connectivity index (χ0n) is 9.82. The molecule has 0 aliphatic rings. The third kappa shape index (κ3) is 2.41. The van der Waals surface area contributed by atoms with Crippen LogP contribution in [0, 0.1) is 6.92 Å². The highest BCUT2D eigenvalue weighted by Gasteiger charge is 2.11. The van der Waals surface area contributed by atoms with Crippen LogP contribution in [-0.4, -0.2) is 20.2 Å². The largest absolute Gasteiger partial charge is 0.438 e. The van der Waals surface area contributed by atoms with Crippen molar-refractivity contribution in [3.8, 4) is 11.6 Å². The topological polar surface area (TPSA) is 63.7 Å². The Hall–Kier alpha value is -1.66. The minimum atomic E-state index is 0.112. The molecule has 0 aliphatic heterocycles. The lowest BCUT2D eigenvalue weighted by Gasteiger charge is -2.07. The van der Waals surface area contributed by atoms with Gasteiger partial charge in [0.2, 0.25) is 11.2 Å². The summed E-state index contributed by atoms with van der Waals surface area (Å²) in [5.41, 5.74) is 1.62. The number of aromatic amines is 1. The highest BCUT2D eigenvalue weighted by atomic mass is 79.9. The lowest BCUT2D eigenvalue weighted by Crippen LogP contribution is -1.92. The van der Waals surface area contributed by atoms with E-state index in [1.165, 1.54) is 0 Å². The summed E-state index contributed by atoms with van der Waals surface area (Å²) in [6.45, 7) is 1.98. The third-order valence-corrected chi connectivity index (χ3v) is 3.65. The molecule has 3 aromatic rings. The summed E-state index contributed by atoms with van der Waals surface area (Å²) in [6, 6.07) is 5.67. The van der Waals surface area contributed by atoms with E-state index >= 15 is 0 Å². The Morgan fingerprint density at radius 3 is 2.95 bits per heavy atom. The fourth-order valence-electron chi connectivity index (χ4n) is 1.65. The number of hydrogen-bond donors (Lipinski definition) is 1. The Kier molecular flexibility index (Phi) is 3.12. The maximum Gasteiger partial charge on any atom is 0.234 e. The smallest absolute Gasteiger partial charge is 0.234 e. The standard InChI is InChI=1S/C12H8BrClN4O/c1-6-4-7(2-3-9(6)13)19-11-8-5-15-18-10(8)16-12(14)17-11/h2-5H,1H3,(H,15,16,17,18). The summed E-state index contributed by atoms with van der Waals surface area (Å²) in [6.07, 6.45) is 1.60. The predicted molar refractivity (Wildman–Crippen MR) is 75.6 cm³/mol. The first kappa shape index (κ1) is 12.4. The van der Waals surface area contributed by atoms with Crippen LogP contribution in [0.2, 0.25) is 5.28 Å². The van der Waals surface area contributed by atoms with Gasteiger partial charge in [-0.05, 0) is 42.3 Å². The monoisotopic (exact) mass is 338 g/mol. The Labute approximate surface area is 122 Å². The van der Waals surface area contributed by atoms with Gasteiger partial charge in [0.15, 0.2) is 5.65 Å². The number of hydrogen-bond acceptors (Lipinski definition) is 4. The molecule has 0 unspecified atom stereocenters. The van der Waals surface area contributed by atoms with E-state index in [1.807, 2.05) is 25.1 Å². The Morgan fingerprint density at radius 2 is 2.16 bits per heavy atom. The Balaban J connectivity index is 2.04. The molecule has 0 bridgehead atoms. The maximum atomic E-state index is 5.85. The molecule has 1 N–H and O–H groups in total. The van der Waals surface area contributed by atoms with E-state index in [0.29, 0.717) is 22.7 Å². The second-order valence-corrected chi connectivity index (χ2v) is 5.14. The number of benzene rings is 1. The van der Waals surface area contributed by atoms with Crippen molar-refractivity contribution in [3.05, 3.63) is 39.7 Å². The summed E-state index contributed by atoms with van der Waals surface area (Å²) in [7, 11) is 0. The summed E-state index contributed by atoms with van der Waals surface area (Å²) in [4.78, 5) is 8.10. The summed E-state index contributed by atoms with van der Waals surface area (Å²) < 4.78 is 6.77. The first-order valence-electron chi connectivity index (χ1n) is 5.44. The van der Waals surface area contributed by atoms with Crippen molar-refractivity contribution >= 4 is 38.6 Å². The molecule has 2 aromatic heterocycles. The van der Waals surface area contributed by atoms with Crippen LogP contribution >= 0.6 is 27.5 Å². The van der Waals surface area contributed by atoms with Crippen molar-refractivity contribution in [2.75, 3.05) is 0 Å². The van der Waals surface area contributed by atoms with Crippen LogP contribution in [0.1, 0.15) is 5.56 Å². The predicted octanol–water partition coefficient (Wildman–Crippen LogP) is 3.87. The minimum absolute atomic E-state index is 0.112. The molecule has 0 saturated carbocycles. The zero-order valence-corrected chi connectivity index (χ0v) is 12.2. The van der Waals surface area contributed by atoms with Crippen LogP contribution in [0.15, 0.2) is 28.9 Å². The molecular weight excluding hydrogens is 332 g/mol. The van der Waals surface area contributed by atoms with Crippen molar-refractivity contribution < 1.29 is 4.74 Å². The van der Waals surface area contributed by atoms with Gasteiger partial charge in [0.25, 0.3) is 0 Å². The summed E-state index contributed by atoms with van der Waals surface area (Å²) >= 11 is 9.29. The van der Waals surface area contributed by atoms with Crippen LogP contribution in [0.25, 0.3) is 11.0 Å². The fraction of sp³-hybridized carbons (Fsp3) is 0.0833. The normalized spacial score (nSPS) is 10.9. The van der Waals surface area contributed by atoms with Gasteiger partial charge in [0.1, 0.15) is 11.1 Å². The van der Waals surface area contributed by atoms with Crippen LogP contribution in [0.4, 0.5) is 0 Å². The number of ether oxygens (including phenoxy) is 1. The van der Waals surface area contributed by atoms with E-state index in [1.54, 1.807) is 6.20 Å². The molecule has 96 valence electrons. The van der Waals surface area contributed by atoms with E-state index in [9.17, 15) is 0 Å². The molecule has 3 rings (SSSR count). The van der Waals surface area contributed by atoms with Gasteiger partial charge < -0.3 is 4.74 Å². The number of halogens is 2. The molecule has 0 saturated heterocycles. The maximum absolute atomic E-state index is 5.85. The van der Waals surface area contributed by atoms with Crippen LogP contribution in [0.3, 0.4) is 0 Å². The average molecular weight is 340 g/mol. The Morgan fingerprint density at radius 1 is 1.32 bits per heavy atom. The van der Waals surface area contributed by atoms with Gasteiger partial charge in [-0.2, -0.15) is 15.1 Å². The lowest BCUT2D eigenvalue weighted by atomic mass is 10.2. The van der Waals surface area contributed by atoms with Gasteiger partial charge in [0.05, 0.1) is 6.20 Å². The van der Waals surface area contributed by atoms with Gasteiger partial charge in [-0.15, -0.1) is 0 Å². The van der Waals surface area contributed by atoms with E-state index in [-0.39, 0.29) is 5.28 Å². The number of nitrogens with zero attached hydrogens (tertiary/aromatic N) is 3. The molecule has 1 aromatic carbocycles. The van der Waals surface area contributed by atoms with Gasteiger partial charge in [-0.3, -0.25) is 5.10 Å². The van der Waals surface area contributed by atoms with Crippen molar-refractivity contribution in [1.82, 2.24) is 20.2 Å². The highest BCUT2D eigenvalue weighted by molar-refractivity contribution is 9.10. The molecule has 2 heterocycles. The van der Waals surface area contributed by atoms with Crippen molar-refractivity contribution in [2.45, 2.75) is 6.92 Å². The molecule has 0 atom stereocenters. The number of fused-ring (bicyclic) bond motifs is 1. The molecule has 0 radical (unpaired) electrons. The Bertz CT molecular complexity index is 759. The molecular formula is C12H8BrClN4O. The van der Waals surface area contributed by atoms with Gasteiger partial charge in [0, 0.05) is 4.47 Å². The fourth-order valence-corrected chi connectivity index (χ4v) is 2.06. The van der Waals surface area contributed by atoms with Crippen LogP contribution < -0.4 is 4.74 Å². The van der Waals surface area contributed by atoms with E-state index in [4.69, 9.17) is 16.3 Å². The van der Waals surface area contributed by atoms with Crippen molar-refractivity contribution in [1.29, 1.82) is 0 Å². The number of H-pyrrole nitrogens is 1. The highest BCUT2D eigenvalue weighted by Crippen LogP contribution is 2.29. The number of nitrogens with one attached hydrogen (secondary N) is 1.